The minimum absolute atomic E-state index is 0.0639. The number of carboxylic acid groups (broad SMARTS) is 1. The first kappa shape index (κ1) is 14.8. The van der Waals surface area contributed by atoms with Gasteiger partial charge in [0.1, 0.15) is 0 Å². The Balaban J connectivity index is 1.91. The van der Waals surface area contributed by atoms with Crippen LogP contribution in [-0.4, -0.2) is 40.6 Å². The predicted octanol–water partition coefficient (Wildman–Crippen LogP) is 1.85. The number of benzene rings is 1. The summed E-state index contributed by atoms with van der Waals surface area (Å²) in [6.07, 6.45) is 1.67. The molecule has 0 saturated heterocycles. The first-order valence-corrected chi connectivity index (χ1v) is 6.60. The van der Waals surface area contributed by atoms with E-state index in [1.54, 1.807) is 13.2 Å². The zero-order valence-corrected chi connectivity index (χ0v) is 11.7. The molecule has 2 rings (SSSR count). The van der Waals surface area contributed by atoms with E-state index in [0.29, 0.717) is 6.54 Å². The van der Waals surface area contributed by atoms with Gasteiger partial charge in [-0.1, -0.05) is 12.1 Å². The number of fused-ring (bicyclic) bond motifs is 1. The zero-order chi connectivity index (χ0) is 15.2. The summed E-state index contributed by atoms with van der Waals surface area (Å²) in [6, 6.07) is 9.33. The van der Waals surface area contributed by atoms with E-state index in [1.807, 2.05) is 30.3 Å². The molecule has 6 heteroatoms. The zero-order valence-electron chi connectivity index (χ0n) is 11.7. The first-order chi connectivity index (χ1) is 10.1. The number of hydrogen-bond acceptors (Lipinski definition) is 3. The molecular weight excluding hydrogens is 270 g/mol. The van der Waals surface area contributed by atoms with Gasteiger partial charge in [0.05, 0.1) is 11.9 Å². The molecule has 0 aliphatic rings. The second kappa shape index (κ2) is 6.69. The van der Waals surface area contributed by atoms with Crippen molar-refractivity contribution in [2.45, 2.75) is 13.0 Å². The number of aliphatic carboxylic acids is 1. The van der Waals surface area contributed by atoms with E-state index in [1.165, 1.54) is 4.90 Å². The summed E-state index contributed by atoms with van der Waals surface area (Å²) in [7, 11) is 1.57. The molecule has 6 nitrogen and oxygen atoms in total. The van der Waals surface area contributed by atoms with Crippen molar-refractivity contribution in [3.05, 3.63) is 42.1 Å². The maximum Gasteiger partial charge on any atom is 0.317 e. The quantitative estimate of drug-likeness (QED) is 0.879. The van der Waals surface area contributed by atoms with E-state index in [0.717, 1.165) is 16.5 Å². The molecule has 1 aromatic carbocycles. The molecule has 2 aromatic rings. The molecule has 2 amide bonds. The van der Waals surface area contributed by atoms with E-state index < -0.39 is 5.97 Å². The number of carbonyl (C=O) groups is 2. The number of aromatic nitrogens is 1. The lowest BCUT2D eigenvalue weighted by Crippen LogP contribution is -2.37. The van der Waals surface area contributed by atoms with Crippen LogP contribution in [0.4, 0.5) is 4.79 Å². The third-order valence-electron chi connectivity index (χ3n) is 3.12. The van der Waals surface area contributed by atoms with Crippen molar-refractivity contribution in [2.24, 2.45) is 0 Å². The van der Waals surface area contributed by atoms with E-state index in [2.05, 4.69) is 10.3 Å². The van der Waals surface area contributed by atoms with Crippen molar-refractivity contribution >= 4 is 22.9 Å². The fraction of sp³-hybridized carbons (Fsp3) is 0.267. The number of urea groups is 1. The van der Waals surface area contributed by atoms with Gasteiger partial charge in [-0.25, -0.2) is 4.79 Å². The van der Waals surface area contributed by atoms with E-state index in [9.17, 15) is 9.59 Å². The smallest absolute Gasteiger partial charge is 0.317 e. The highest BCUT2D eigenvalue weighted by atomic mass is 16.4. The first-order valence-electron chi connectivity index (χ1n) is 6.60. The molecule has 0 fully saturated rings. The Morgan fingerprint density at radius 3 is 2.90 bits per heavy atom. The molecule has 0 saturated carbocycles. The molecule has 0 unspecified atom stereocenters. The minimum atomic E-state index is -0.920. The minimum Gasteiger partial charge on any atom is -0.481 e. The van der Waals surface area contributed by atoms with Gasteiger partial charge >= 0.3 is 12.0 Å². The van der Waals surface area contributed by atoms with Crippen LogP contribution in [0.1, 0.15) is 12.0 Å². The van der Waals surface area contributed by atoms with Gasteiger partial charge < -0.3 is 15.3 Å². The Morgan fingerprint density at radius 2 is 2.14 bits per heavy atom. The van der Waals surface area contributed by atoms with Gasteiger partial charge in [-0.05, 0) is 23.8 Å². The lowest BCUT2D eigenvalue weighted by atomic mass is 10.1. The fourth-order valence-corrected chi connectivity index (χ4v) is 1.91. The van der Waals surface area contributed by atoms with Crippen LogP contribution in [0.3, 0.4) is 0 Å². The average molecular weight is 287 g/mol. The molecule has 2 N–H and O–H groups in total. The fourth-order valence-electron chi connectivity index (χ4n) is 1.91. The largest absolute Gasteiger partial charge is 0.481 e. The second-order valence-electron chi connectivity index (χ2n) is 4.75. The Kier molecular flexibility index (Phi) is 4.71. The van der Waals surface area contributed by atoms with Gasteiger partial charge in [-0.2, -0.15) is 0 Å². The maximum atomic E-state index is 11.8. The number of hydrogen-bond donors (Lipinski definition) is 2. The number of nitrogens with zero attached hydrogens (tertiary/aromatic N) is 2. The lowest BCUT2D eigenvalue weighted by molar-refractivity contribution is -0.137. The predicted molar refractivity (Wildman–Crippen MR) is 78.9 cm³/mol. The van der Waals surface area contributed by atoms with Crippen LogP contribution < -0.4 is 5.32 Å². The van der Waals surface area contributed by atoms with Crippen molar-refractivity contribution in [2.75, 3.05) is 13.6 Å². The van der Waals surface area contributed by atoms with Gasteiger partial charge in [0.25, 0.3) is 0 Å². The van der Waals surface area contributed by atoms with Crippen molar-refractivity contribution < 1.29 is 14.7 Å². The number of rotatable bonds is 5. The standard InChI is InChI=1S/C15H17N3O3/c1-18(8-6-14(19)20)15(21)17-10-11-4-5-13-12(9-11)3-2-7-16-13/h2-5,7,9H,6,8,10H2,1H3,(H,17,21)(H,19,20). The highest BCUT2D eigenvalue weighted by Crippen LogP contribution is 2.13. The third kappa shape index (κ3) is 4.17. The number of nitrogens with one attached hydrogen (secondary N) is 1. The van der Waals surface area contributed by atoms with Gasteiger partial charge in [-0.3, -0.25) is 9.78 Å². The molecule has 110 valence electrons. The summed E-state index contributed by atoms with van der Waals surface area (Å²) in [6.45, 7) is 0.573. The summed E-state index contributed by atoms with van der Waals surface area (Å²) >= 11 is 0. The van der Waals surface area contributed by atoms with E-state index in [4.69, 9.17) is 5.11 Å². The lowest BCUT2D eigenvalue weighted by Gasteiger charge is -2.17. The van der Waals surface area contributed by atoms with Crippen molar-refractivity contribution in [3.8, 4) is 0 Å². The molecule has 1 heterocycles. The number of pyridine rings is 1. The molecule has 0 aliphatic heterocycles. The SMILES string of the molecule is CN(CCC(=O)O)C(=O)NCc1ccc2ncccc2c1. The molecular formula is C15H17N3O3. The van der Waals surface area contributed by atoms with Gasteiger partial charge in [0.15, 0.2) is 0 Å². The van der Waals surface area contributed by atoms with Gasteiger partial charge in [0.2, 0.25) is 0 Å². The third-order valence-corrected chi connectivity index (χ3v) is 3.12. The summed E-state index contributed by atoms with van der Waals surface area (Å²) in [5.41, 5.74) is 1.88. The molecule has 1 aromatic heterocycles. The van der Waals surface area contributed by atoms with Gasteiger partial charge in [0, 0.05) is 31.7 Å². The molecule has 0 aliphatic carbocycles. The highest BCUT2D eigenvalue weighted by Gasteiger charge is 2.09. The highest BCUT2D eigenvalue weighted by molar-refractivity contribution is 5.79. The van der Waals surface area contributed by atoms with Crippen LogP contribution in [-0.2, 0) is 11.3 Å². The molecule has 0 atom stereocenters. The van der Waals surface area contributed by atoms with Gasteiger partial charge in [-0.15, -0.1) is 0 Å². The van der Waals surface area contributed by atoms with Crippen LogP contribution in [0.5, 0.6) is 0 Å². The maximum absolute atomic E-state index is 11.8. The monoisotopic (exact) mass is 287 g/mol. The van der Waals surface area contributed by atoms with E-state index in [-0.39, 0.29) is 19.0 Å². The molecule has 0 bridgehead atoms. The van der Waals surface area contributed by atoms with Crippen LogP contribution in [0.2, 0.25) is 0 Å². The average Bonchev–Trinajstić information content (AvgIpc) is 2.49. The Hall–Kier alpha value is -2.63. The Morgan fingerprint density at radius 1 is 1.33 bits per heavy atom. The Bertz CT molecular complexity index is 657. The van der Waals surface area contributed by atoms with Crippen LogP contribution in [0.25, 0.3) is 10.9 Å². The number of carbonyl (C=O) groups excluding carboxylic acids is 1. The normalized spacial score (nSPS) is 10.3. The van der Waals surface area contributed by atoms with Crippen LogP contribution >= 0.6 is 0 Å². The summed E-state index contributed by atoms with van der Waals surface area (Å²) in [4.78, 5) is 27.9. The summed E-state index contributed by atoms with van der Waals surface area (Å²) in [5, 5.41) is 12.4. The van der Waals surface area contributed by atoms with Crippen molar-refractivity contribution in [1.82, 2.24) is 15.2 Å². The van der Waals surface area contributed by atoms with Crippen molar-refractivity contribution in [1.29, 1.82) is 0 Å². The number of amides is 2. The van der Waals surface area contributed by atoms with Crippen LogP contribution in [0, 0.1) is 0 Å². The number of carboxylic acids is 1. The second-order valence-corrected chi connectivity index (χ2v) is 4.75. The molecule has 21 heavy (non-hydrogen) atoms. The summed E-state index contributed by atoms with van der Waals surface area (Å²) in [5.74, 6) is -0.920. The van der Waals surface area contributed by atoms with E-state index >= 15 is 0 Å². The summed E-state index contributed by atoms with van der Waals surface area (Å²) < 4.78 is 0. The topological polar surface area (TPSA) is 82.5 Å². The van der Waals surface area contributed by atoms with Crippen molar-refractivity contribution in [3.63, 3.8) is 0 Å². The molecule has 0 radical (unpaired) electrons. The Labute approximate surface area is 122 Å². The van der Waals surface area contributed by atoms with Crippen LogP contribution in [0.15, 0.2) is 36.5 Å². The molecule has 0 spiro atoms.